The Kier molecular flexibility index (Phi) is 5.60. The number of nitrogens with zero attached hydrogens (tertiary/aromatic N) is 3. The third-order valence-electron chi connectivity index (χ3n) is 4.10. The summed E-state index contributed by atoms with van der Waals surface area (Å²) in [6.45, 7) is 0.276. The molecule has 1 saturated heterocycles. The maximum atomic E-state index is 12.3. The van der Waals surface area contributed by atoms with Crippen LogP contribution in [0.1, 0.15) is 12.0 Å². The fraction of sp³-hybridized carbons (Fsp3) is 0.167. The number of nitrogens with one attached hydrogen (secondary N) is 1. The van der Waals surface area contributed by atoms with Crippen LogP contribution in [-0.4, -0.2) is 29.5 Å². The zero-order valence-electron chi connectivity index (χ0n) is 14.0. The number of carbonyl (C=O) groups is 2. The number of hydrogen-bond acceptors (Lipinski definition) is 5. The van der Waals surface area contributed by atoms with E-state index in [1.165, 1.54) is 24.4 Å². The molecule has 2 aromatic rings. The highest BCUT2D eigenvalue weighted by Gasteiger charge is 2.35. The quantitative estimate of drug-likeness (QED) is 0.447. The Labute approximate surface area is 163 Å². The van der Waals surface area contributed by atoms with Gasteiger partial charge >= 0.3 is 0 Å². The van der Waals surface area contributed by atoms with E-state index < -0.39 is 10.8 Å². The second-order valence-corrected chi connectivity index (χ2v) is 6.88. The van der Waals surface area contributed by atoms with Crippen LogP contribution in [0.2, 0.25) is 0 Å². The Hall–Kier alpha value is -3.07. The Morgan fingerprint density at radius 2 is 2.04 bits per heavy atom. The second kappa shape index (κ2) is 8.09. The van der Waals surface area contributed by atoms with E-state index >= 15 is 0 Å². The maximum absolute atomic E-state index is 12.3. The SMILES string of the molecule is O=C(N/N=C\c1cccc([N+](=O)[O-])c1)[C@@H]1CC(=O)N(c2ccc(Br)cc2)C1. The first-order chi connectivity index (χ1) is 12.9. The van der Waals surface area contributed by atoms with Gasteiger partial charge in [0.2, 0.25) is 11.8 Å². The number of nitro groups is 1. The summed E-state index contributed by atoms with van der Waals surface area (Å²) in [6, 6.07) is 13.2. The highest BCUT2D eigenvalue weighted by Crippen LogP contribution is 2.26. The number of rotatable bonds is 5. The van der Waals surface area contributed by atoms with Crippen LogP contribution in [0.15, 0.2) is 58.1 Å². The van der Waals surface area contributed by atoms with Gasteiger partial charge in [-0.3, -0.25) is 19.7 Å². The van der Waals surface area contributed by atoms with Gasteiger partial charge in [-0.05, 0) is 24.3 Å². The number of amides is 2. The molecular formula is C18H15BrN4O4. The van der Waals surface area contributed by atoms with E-state index in [-0.39, 0.29) is 30.5 Å². The van der Waals surface area contributed by atoms with Gasteiger partial charge < -0.3 is 4.90 Å². The average molecular weight is 431 g/mol. The minimum Gasteiger partial charge on any atom is -0.312 e. The Morgan fingerprint density at radius 1 is 1.30 bits per heavy atom. The van der Waals surface area contributed by atoms with E-state index in [0.717, 1.165) is 10.2 Å². The first kappa shape index (κ1) is 18.7. The average Bonchev–Trinajstić information content (AvgIpc) is 3.04. The smallest absolute Gasteiger partial charge is 0.270 e. The monoisotopic (exact) mass is 430 g/mol. The predicted molar refractivity (Wildman–Crippen MR) is 103 cm³/mol. The van der Waals surface area contributed by atoms with Gasteiger partial charge in [0.05, 0.1) is 17.1 Å². The van der Waals surface area contributed by atoms with E-state index in [4.69, 9.17) is 0 Å². The van der Waals surface area contributed by atoms with Crippen LogP contribution in [0.4, 0.5) is 11.4 Å². The molecule has 9 heteroatoms. The van der Waals surface area contributed by atoms with Gasteiger partial charge in [0.25, 0.3) is 5.69 Å². The number of halogens is 1. The predicted octanol–water partition coefficient (Wildman–Crippen LogP) is 2.86. The number of hydrazone groups is 1. The molecule has 138 valence electrons. The van der Waals surface area contributed by atoms with Crippen molar-refractivity contribution in [2.24, 2.45) is 11.0 Å². The molecule has 0 saturated carbocycles. The minimum atomic E-state index is -0.511. The molecule has 0 unspecified atom stereocenters. The molecule has 2 aromatic carbocycles. The van der Waals surface area contributed by atoms with Gasteiger partial charge in [-0.1, -0.05) is 28.1 Å². The molecule has 0 spiro atoms. The van der Waals surface area contributed by atoms with Crippen LogP contribution < -0.4 is 10.3 Å². The first-order valence-corrected chi connectivity index (χ1v) is 8.86. The summed E-state index contributed by atoms with van der Waals surface area (Å²) < 4.78 is 0.905. The maximum Gasteiger partial charge on any atom is 0.270 e. The van der Waals surface area contributed by atoms with Crippen molar-refractivity contribution < 1.29 is 14.5 Å². The van der Waals surface area contributed by atoms with Gasteiger partial charge in [0, 0.05) is 40.8 Å². The Morgan fingerprint density at radius 3 is 2.74 bits per heavy atom. The van der Waals surface area contributed by atoms with Crippen molar-refractivity contribution in [2.45, 2.75) is 6.42 Å². The van der Waals surface area contributed by atoms with Crippen molar-refractivity contribution in [3.05, 3.63) is 68.7 Å². The first-order valence-electron chi connectivity index (χ1n) is 8.07. The molecule has 8 nitrogen and oxygen atoms in total. The molecule has 1 fully saturated rings. The summed E-state index contributed by atoms with van der Waals surface area (Å²) in [5, 5.41) is 14.6. The van der Waals surface area contributed by atoms with Crippen molar-refractivity contribution >= 4 is 45.3 Å². The topological polar surface area (TPSA) is 105 Å². The fourth-order valence-corrected chi connectivity index (χ4v) is 3.00. The van der Waals surface area contributed by atoms with Gasteiger partial charge in [0.1, 0.15) is 0 Å². The molecule has 1 heterocycles. The molecule has 27 heavy (non-hydrogen) atoms. The van der Waals surface area contributed by atoms with Crippen LogP contribution >= 0.6 is 15.9 Å². The molecule has 1 N–H and O–H groups in total. The van der Waals surface area contributed by atoms with Crippen molar-refractivity contribution in [3.8, 4) is 0 Å². The van der Waals surface area contributed by atoms with E-state index in [9.17, 15) is 19.7 Å². The van der Waals surface area contributed by atoms with E-state index in [1.54, 1.807) is 11.0 Å². The highest BCUT2D eigenvalue weighted by atomic mass is 79.9. The number of benzene rings is 2. The van der Waals surface area contributed by atoms with Gasteiger partial charge in [-0.25, -0.2) is 5.43 Å². The Balaban J connectivity index is 1.60. The number of nitro benzene ring substituents is 1. The molecular weight excluding hydrogens is 416 g/mol. The summed E-state index contributed by atoms with van der Waals surface area (Å²) in [6.07, 6.45) is 1.43. The molecule has 1 atom stereocenters. The molecule has 0 radical (unpaired) electrons. The number of hydrogen-bond donors (Lipinski definition) is 1. The molecule has 0 aromatic heterocycles. The second-order valence-electron chi connectivity index (χ2n) is 5.97. The van der Waals surface area contributed by atoms with Crippen molar-refractivity contribution in [3.63, 3.8) is 0 Å². The van der Waals surface area contributed by atoms with Crippen LogP contribution in [0, 0.1) is 16.0 Å². The summed E-state index contributed by atoms with van der Waals surface area (Å²) in [5.41, 5.74) is 3.56. The third kappa shape index (κ3) is 4.56. The molecule has 1 aliphatic heterocycles. The lowest BCUT2D eigenvalue weighted by molar-refractivity contribution is -0.384. The molecule has 0 bridgehead atoms. The van der Waals surface area contributed by atoms with Crippen LogP contribution in [0.25, 0.3) is 0 Å². The largest absolute Gasteiger partial charge is 0.312 e. The van der Waals surface area contributed by atoms with Crippen LogP contribution in [-0.2, 0) is 9.59 Å². The summed E-state index contributed by atoms with van der Waals surface area (Å²) >= 11 is 3.34. The lowest BCUT2D eigenvalue weighted by Gasteiger charge is -2.16. The minimum absolute atomic E-state index is 0.0585. The lowest BCUT2D eigenvalue weighted by atomic mass is 10.1. The highest BCUT2D eigenvalue weighted by molar-refractivity contribution is 9.10. The molecule has 3 rings (SSSR count). The van der Waals surface area contributed by atoms with Gasteiger partial charge in [-0.2, -0.15) is 5.10 Å². The third-order valence-corrected chi connectivity index (χ3v) is 4.63. The number of carbonyl (C=O) groups excluding carboxylic acids is 2. The summed E-state index contributed by atoms with van der Waals surface area (Å²) in [5.74, 6) is -1.01. The number of non-ortho nitro benzene ring substituents is 1. The standard InChI is InChI=1S/C18H15BrN4O4/c19-14-4-6-15(7-5-14)22-11-13(9-17(22)24)18(25)21-20-10-12-2-1-3-16(8-12)23(26)27/h1-8,10,13H,9,11H2,(H,21,25)/b20-10-/t13-/m1/s1. The fourth-order valence-electron chi connectivity index (χ4n) is 2.73. The molecule has 2 amide bonds. The zero-order valence-corrected chi connectivity index (χ0v) is 15.6. The number of anilines is 1. The summed E-state index contributed by atoms with van der Waals surface area (Å²) in [7, 11) is 0. The summed E-state index contributed by atoms with van der Waals surface area (Å²) in [4.78, 5) is 36.3. The van der Waals surface area contributed by atoms with E-state index in [2.05, 4.69) is 26.5 Å². The lowest BCUT2D eigenvalue weighted by Crippen LogP contribution is -2.30. The zero-order chi connectivity index (χ0) is 19.4. The van der Waals surface area contributed by atoms with Gasteiger partial charge in [0.15, 0.2) is 0 Å². The van der Waals surface area contributed by atoms with Crippen molar-refractivity contribution in [2.75, 3.05) is 11.4 Å². The molecule has 1 aliphatic rings. The van der Waals surface area contributed by atoms with Crippen molar-refractivity contribution in [1.29, 1.82) is 0 Å². The van der Waals surface area contributed by atoms with E-state index in [0.29, 0.717) is 5.56 Å². The van der Waals surface area contributed by atoms with Crippen LogP contribution in [0.5, 0.6) is 0 Å². The molecule has 0 aliphatic carbocycles. The van der Waals surface area contributed by atoms with Gasteiger partial charge in [-0.15, -0.1) is 0 Å². The van der Waals surface area contributed by atoms with E-state index in [1.807, 2.05) is 24.3 Å². The Bertz CT molecular complexity index is 914. The van der Waals surface area contributed by atoms with Crippen LogP contribution in [0.3, 0.4) is 0 Å². The van der Waals surface area contributed by atoms with Crippen molar-refractivity contribution in [1.82, 2.24) is 5.43 Å². The normalized spacial score (nSPS) is 16.7.